The molecule has 0 aliphatic carbocycles. The van der Waals surface area contributed by atoms with Crippen molar-refractivity contribution < 1.29 is 24.5 Å². The standard InChI is InChI=1S/C83H163NO5/c1-3-5-7-9-11-13-15-17-19-21-45-49-53-57-61-65-69-73-77-83(88)89-78-74-70-66-62-58-54-50-46-42-40-38-36-34-32-30-28-26-24-22-23-25-27-29-31-33-35-37-39-41-44-48-52-56-60-64-68-72-76-82(87)84-80(79-85)81(86)75-71-67-63-59-55-51-47-43-20-18-16-14-12-10-8-6-4-2/h22,24,80-81,85-86H,3-21,23,25-79H2,1-2H3,(H,84,87)/b24-22-. The molecular weight excluding hydrogens is 1090 g/mol. The molecule has 0 rings (SSSR count). The molecule has 0 aliphatic heterocycles. The van der Waals surface area contributed by atoms with Crippen LogP contribution in [0.25, 0.3) is 0 Å². The van der Waals surface area contributed by atoms with Crippen molar-refractivity contribution in [2.24, 2.45) is 0 Å². The maximum atomic E-state index is 12.5. The highest BCUT2D eigenvalue weighted by Gasteiger charge is 2.20. The predicted molar refractivity (Wildman–Crippen MR) is 394 cm³/mol. The minimum absolute atomic E-state index is 0.0262. The van der Waals surface area contributed by atoms with E-state index in [1.165, 1.54) is 411 Å². The molecule has 0 fully saturated rings. The van der Waals surface area contributed by atoms with Crippen molar-refractivity contribution in [2.75, 3.05) is 13.2 Å². The first-order valence-electron chi connectivity index (χ1n) is 41.4. The Morgan fingerprint density at radius 1 is 0.303 bits per heavy atom. The molecule has 530 valence electrons. The summed E-state index contributed by atoms with van der Waals surface area (Å²) >= 11 is 0. The fraction of sp³-hybridized carbons (Fsp3) is 0.952. The van der Waals surface area contributed by atoms with E-state index in [1.54, 1.807) is 0 Å². The Morgan fingerprint density at radius 2 is 0.528 bits per heavy atom. The van der Waals surface area contributed by atoms with E-state index in [0.717, 1.165) is 38.5 Å². The van der Waals surface area contributed by atoms with Crippen LogP contribution >= 0.6 is 0 Å². The van der Waals surface area contributed by atoms with Gasteiger partial charge in [0.2, 0.25) is 5.91 Å². The summed E-state index contributed by atoms with van der Waals surface area (Å²) in [5.41, 5.74) is 0. The van der Waals surface area contributed by atoms with E-state index in [-0.39, 0.29) is 18.5 Å². The first kappa shape index (κ1) is 87.6. The highest BCUT2D eigenvalue weighted by Crippen LogP contribution is 2.21. The number of esters is 1. The zero-order valence-corrected chi connectivity index (χ0v) is 61.0. The zero-order chi connectivity index (χ0) is 64.2. The highest BCUT2D eigenvalue weighted by molar-refractivity contribution is 5.76. The third-order valence-electron chi connectivity index (χ3n) is 19.8. The van der Waals surface area contributed by atoms with Crippen molar-refractivity contribution in [3.05, 3.63) is 12.2 Å². The third kappa shape index (κ3) is 75.5. The maximum absolute atomic E-state index is 12.5. The second-order valence-electron chi connectivity index (χ2n) is 28.8. The van der Waals surface area contributed by atoms with Crippen LogP contribution in [0.4, 0.5) is 0 Å². The summed E-state index contributed by atoms with van der Waals surface area (Å²) < 4.78 is 5.52. The fourth-order valence-electron chi connectivity index (χ4n) is 13.5. The van der Waals surface area contributed by atoms with Gasteiger partial charge in [0, 0.05) is 12.8 Å². The van der Waals surface area contributed by atoms with Gasteiger partial charge in [-0.2, -0.15) is 0 Å². The van der Waals surface area contributed by atoms with Crippen LogP contribution in [0.1, 0.15) is 483 Å². The zero-order valence-electron chi connectivity index (χ0n) is 61.0. The monoisotopic (exact) mass is 1250 g/mol. The Morgan fingerprint density at radius 3 is 0.798 bits per heavy atom. The Bertz CT molecular complexity index is 1350. The van der Waals surface area contributed by atoms with Gasteiger partial charge in [0.1, 0.15) is 0 Å². The van der Waals surface area contributed by atoms with E-state index >= 15 is 0 Å². The van der Waals surface area contributed by atoms with Crippen LogP contribution in [-0.4, -0.2) is 47.4 Å². The van der Waals surface area contributed by atoms with Gasteiger partial charge >= 0.3 is 5.97 Å². The molecule has 2 unspecified atom stereocenters. The van der Waals surface area contributed by atoms with Crippen LogP contribution in [0, 0.1) is 0 Å². The quantitative estimate of drug-likeness (QED) is 0.0320. The van der Waals surface area contributed by atoms with Crippen molar-refractivity contribution in [1.82, 2.24) is 5.32 Å². The Hall–Kier alpha value is -1.40. The molecule has 3 N–H and O–H groups in total. The molecule has 0 saturated carbocycles. The molecule has 0 spiro atoms. The van der Waals surface area contributed by atoms with Crippen molar-refractivity contribution in [3.8, 4) is 0 Å². The number of carbonyl (C=O) groups excluding carboxylic acids is 2. The van der Waals surface area contributed by atoms with Crippen molar-refractivity contribution >= 4 is 11.9 Å². The molecule has 0 aromatic heterocycles. The number of aliphatic hydroxyl groups is 2. The lowest BCUT2D eigenvalue weighted by atomic mass is 10.0. The van der Waals surface area contributed by atoms with Gasteiger partial charge in [-0.15, -0.1) is 0 Å². The van der Waals surface area contributed by atoms with Crippen LogP contribution in [0.5, 0.6) is 0 Å². The molecule has 0 radical (unpaired) electrons. The number of amides is 1. The number of rotatable bonds is 79. The van der Waals surface area contributed by atoms with Crippen molar-refractivity contribution in [3.63, 3.8) is 0 Å². The van der Waals surface area contributed by atoms with Crippen LogP contribution in [0.2, 0.25) is 0 Å². The van der Waals surface area contributed by atoms with Gasteiger partial charge in [-0.3, -0.25) is 9.59 Å². The molecule has 2 atom stereocenters. The largest absolute Gasteiger partial charge is 0.466 e. The number of hydrogen-bond acceptors (Lipinski definition) is 5. The molecule has 6 heteroatoms. The van der Waals surface area contributed by atoms with E-state index in [9.17, 15) is 19.8 Å². The van der Waals surface area contributed by atoms with Crippen LogP contribution in [-0.2, 0) is 14.3 Å². The minimum atomic E-state index is -0.661. The van der Waals surface area contributed by atoms with Crippen molar-refractivity contribution in [2.45, 2.75) is 495 Å². The minimum Gasteiger partial charge on any atom is -0.466 e. The molecular formula is C83H163NO5. The van der Waals surface area contributed by atoms with E-state index in [0.29, 0.717) is 25.9 Å². The number of hydrogen-bond donors (Lipinski definition) is 3. The molecule has 0 aliphatic rings. The predicted octanol–water partition coefficient (Wildman–Crippen LogP) is 27.4. The van der Waals surface area contributed by atoms with Crippen LogP contribution in [0.15, 0.2) is 12.2 Å². The van der Waals surface area contributed by atoms with Crippen molar-refractivity contribution in [1.29, 1.82) is 0 Å². The first-order chi connectivity index (χ1) is 44.0. The summed E-state index contributed by atoms with van der Waals surface area (Å²) in [7, 11) is 0. The summed E-state index contributed by atoms with van der Waals surface area (Å²) in [4.78, 5) is 24.7. The number of nitrogens with one attached hydrogen (secondary N) is 1. The van der Waals surface area contributed by atoms with E-state index in [1.807, 2.05) is 0 Å². The number of aliphatic hydroxyl groups excluding tert-OH is 2. The molecule has 0 saturated heterocycles. The summed E-state index contributed by atoms with van der Waals surface area (Å²) in [5, 5.41) is 23.4. The summed E-state index contributed by atoms with van der Waals surface area (Å²) in [5.74, 6) is 0.00102. The summed E-state index contributed by atoms with van der Waals surface area (Å²) in [6, 6.07) is -0.538. The Labute approximate surface area is 559 Å². The molecule has 0 heterocycles. The topological polar surface area (TPSA) is 95.9 Å². The van der Waals surface area contributed by atoms with Gasteiger partial charge in [-0.1, -0.05) is 431 Å². The average molecular weight is 1260 g/mol. The normalized spacial score (nSPS) is 12.4. The lowest BCUT2D eigenvalue weighted by molar-refractivity contribution is -0.143. The second kappa shape index (κ2) is 79.0. The maximum Gasteiger partial charge on any atom is 0.305 e. The number of carbonyl (C=O) groups is 2. The number of ether oxygens (including phenoxy) is 1. The molecule has 89 heavy (non-hydrogen) atoms. The van der Waals surface area contributed by atoms with E-state index in [2.05, 4.69) is 31.3 Å². The summed E-state index contributed by atoms with van der Waals surface area (Å²) in [6.07, 6.45) is 100. The lowest BCUT2D eigenvalue weighted by Gasteiger charge is -2.22. The summed E-state index contributed by atoms with van der Waals surface area (Å²) in [6.45, 7) is 5.02. The van der Waals surface area contributed by atoms with Gasteiger partial charge in [-0.05, 0) is 51.4 Å². The third-order valence-corrected chi connectivity index (χ3v) is 19.8. The van der Waals surface area contributed by atoms with Gasteiger partial charge in [0.05, 0.1) is 25.4 Å². The molecule has 0 aromatic rings. The molecule has 0 aromatic carbocycles. The highest BCUT2D eigenvalue weighted by atomic mass is 16.5. The van der Waals surface area contributed by atoms with Gasteiger partial charge < -0.3 is 20.3 Å². The van der Waals surface area contributed by atoms with Gasteiger partial charge in [0.15, 0.2) is 0 Å². The Balaban J connectivity index is 3.31. The lowest BCUT2D eigenvalue weighted by Crippen LogP contribution is -2.45. The fourth-order valence-corrected chi connectivity index (χ4v) is 13.5. The van der Waals surface area contributed by atoms with E-state index in [4.69, 9.17) is 4.74 Å². The van der Waals surface area contributed by atoms with E-state index < -0.39 is 12.1 Å². The molecule has 0 bridgehead atoms. The van der Waals surface area contributed by atoms with Gasteiger partial charge in [-0.25, -0.2) is 0 Å². The molecule has 6 nitrogen and oxygen atoms in total. The van der Waals surface area contributed by atoms with Crippen LogP contribution in [0.3, 0.4) is 0 Å². The number of allylic oxidation sites excluding steroid dienone is 2. The average Bonchev–Trinajstić information content (AvgIpc) is 3.67. The number of unbranched alkanes of at least 4 members (excludes halogenated alkanes) is 66. The first-order valence-corrected chi connectivity index (χ1v) is 41.4. The second-order valence-corrected chi connectivity index (χ2v) is 28.8. The molecule has 1 amide bonds. The smallest absolute Gasteiger partial charge is 0.305 e. The van der Waals surface area contributed by atoms with Gasteiger partial charge in [0.25, 0.3) is 0 Å². The Kier molecular flexibility index (Phi) is 77.8. The SMILES string of the molecule is CCCCCCCCCCCCCCCCCCCCC(=O)OCCCCCCCCCCCCCCCCCC/C=C\CCCCCCCCCCCCCCCCCCCC(=O)NC(CO)C(O)CCCCCCCCCCCCCCCCCCC. The van der Waals surface area contributed by atoms with Crippen LogP contribution < -0.4 is 5.32 Å².